The van der Waals surface area contributed by atoms with Crippen molar-refractivity contribution in [2.24, 2.45) is 5.73 Å². The maximum atomic E-state index is 12.3. The average molecular weight is 370 g/mol. The fourth-order valence-electron chi connectivity index (χ4n) is 2.31. The van der Waals surface area contributed by atoms with Gasteiger partial charge in [-0.1, -0.05) is 24.2 Å². The van der Waals surface area contributed by atoms with Crippen LogP contribution in [0.5, 0.6) is 5.75 Å². The van der Waals surface area contributed by atoms with Crippen LogP contribution in [0.2, 0.25) is 0 Å². The normalized spacial score (nSPS) is 10.4. The minimum atomic E-state index is -0.129. The molecular formula is C16H24ClN5O3. The van der Waals surface area contributed by atoms with E-state index in [2.05, 4.69) is 15.5 Å². The molecule has 0 fully saturated rings. The molecule has 25 heavy (non-hydrogen) atoms. The first-order valence-corrected chi connectivity index (χ1v) is 7.83. The lowest BCUT2D eigenvalue weighted by Gasteiger charge is -2.19. The molecule has 0 radical (unpaired) electrons. The van der Waals surface area contributed by atoms with Gasteiger partial charge in [-0.2, -0.15) is 4.98 Å². The van der Waals surface area contributed by atoms with Gasteiger partial charge in [0.15, 0.2) is 5.82 Å². The number of carbonyl (C=O) groups excluding carboxylic acids is 1. The van der Waals surface area contributed by atoms with Crippen molar-refractivity contribution in [1.29, 1.82) is 0 Å². The highest BCUT2D eigenvalue weighted by Crippen LogP contribution is 2.22. The number of hydrogen-bond donors (Lipinski definition) is 2. The second-order valence-corrected chi connectivity index (χ2v) is 5.27. The Balaban J connectivity index is 0.00000312. The van der Waals surface area contributed by atoms with Gasteiger partial charge in [0.1, 0.15) is 5.75 Å². The van der Waals surface area contributed by atoms with E-state index in [1.165, 1.54) is 0 Å². The van der Waals surface area contributed by atoms with E-state index in [1.54, 1.807) is 19.2 Å². The number of aromatic nitrogens is 2. The SMILES string of the molecule is CCCN(CC(=O)Nc1ccccc1OC)Cc1noc(CN)n1.Cl. The molecule has 1 aromatic carbocycles. The molecule has 2 aromatic rings. The lowest BCUT2D eigenvalue weighted by Crippen LogP contribution is -2.33. The second kappa shape index (κ2) is 10.7. The van der Waals surface area contributed by atoms with Gasteiger partial charge in [0.25, 0.3) is 0 Å². The van der Waals surface area contributed by atoms with Crippen molar-refractivity contribution >= 4 is 24.0 Å². The molecular weight excluding hydrogens is 346 g/mol. The van der Waals surface area contributed by atoms with E-state index in [4.69, 9.17) is 15.0 Å². The highest BCUT2D eigenvalue weighted by molar-refractivity contribution is 5.93. The zero-order valence-corrected chi connectivity index (χ0v) is 15.2. The average Bonchev–Trinajstić information content (AvgIpc) is 3.03. The summed E-state index contributed by atoms with van der Waals surface area (Å²) in [6.07, 6.45) is 0.906. The number of para-hydroxylation sites is 2. The number of halogens is 1. The van der Waals surface area contributed by atoms with Crippen LogP contribution in [0.1, 0.15) is 25.1 Å². The number of carbonyl (C=O) groups is 1. The van der Waals surface area contributed by atoms with Crippen LogP contribution in [0.25, 0.3) is 0 Å². The number of nitrogens with one attached hydrogen (secondary N) is 1. The van der Waals surface area contributed by atoms with Crippen LogP contribution in [-0.2, 0) is 17.9 Å². The number of amides is 1. The smallest absolute Gasteiger partial charge is 0.240 e. The molecule has 138 valence electrons. The van der Waals surface area contributed by atoms with E-state index < -0.39 is 0 Å². The van der Waals surface area contributed by atoms with Crippen molar-refractivity contribution in [2.75, 3.05) is 25.5 Å². The molecule has 0 bridgehead atoms. The Hall–Kier alpha value is -2.16. The summed E-state index contributed by atoms with van der Waals surface area (Å²) >= 11 is 0. The molecule has 9 heteroatoms. The Kier molecular flexibility index (Phi) is 8.90. The van der Waals surface area contributed by atoms with Gasteiger partial charge in [0, 0.05) is 0 Å². The number of benzene rings is 1. The molecule has 0 unspecified atom stereocenters. The summed E-state index contributed by atoms with van der Waals surface area (Å²) in [4.78, 5) is 18.5. The van der Waals surface area contributed by atoms with E-state index >= 15 is 0 Å². The molecule has 8 nitrogen and oxygen atoms in total. The third-order valence-corrected chi connectivity index (χ3v) is 3.34. The summed E-state index contributed by atoms with van der Waals surface area (Å²) in [7, 11) is 1.57. The molecule has 1 aromatic heterocycles. The van der Waals surface area contributed by atoms with Crippen molar-refractivity contribution in [2.45, 2.75) is 26.4 Å². The monoisotopic (exact) mass is 369 g/mol. The number of anilines is 1. The van der Waals surface area contributed by atoms with E-state index in [0.29, 0.717) is 29.7 Å². The Morgan fingerprint density at radius 2 is 2.16 bits per heavy atom. The molecule has 0 saturated heterocycles. The van der Waals surface area contributed by atoms with E-state index in [1.807, 2.05) is 24.0 Å². The predicted molar refractivity (Wildman–Crippen MR) is 96.6 cm³/mol. The van der Waals surface area contributed by atoms with Crippen LogP contribution in [0.3, 0.4) is 0 Å². The number of rotatable bonds is 9. The molecule has 1 heterocycles. The zero-order valence-electron chi connectivity index (χ0n) is 14.4. The molecule has 0 aliphatic rings. The van der Waals surface area contributed by atoms with Crippen LogP contribution in [0.15, 0.2) is 28.8 Å². The third-order valence-electron chi connectivity index (χ3n) is 3.34. The Labute approximate surface area is 153 Å². The lowest BCUT2D eigenvalue weighted by atomic mass is 10.3. The van der Waals surface area contributed by atoms with Gasteiger partial charge in [-0.05, 0) is 25.1 Å². The third kappa shape index (κ3) is 6.33. The lowest BCUT2D eigenvalue weighted by molar-refractivity contribution is -0.117. The number of ether oxygens (including phenoxy) is 1. The summed E-state index contributed by atoms with van der Waals surface area (Å²) in [5, 5.41) is 6.73. The maximum absolute atomic E-state index is 12.3. The van der Waals surface area contributed by atoms with Crippen molar-refractivity contribution in [3.05, 3.63) is 36.0 Å². The minimum absolute atomic E-state index is 0. The van der Waals surface area contributed by atoms with E-state index in [0.717, 1.165) is 13.0 Å². The largest absolute Gasteiger partial charge is 0.495 e. The second-order valence-electron chi connectivity index (χ2n) is 5.27. The Morgan fingerprint density at radius 3 is 2.80 bits per heavy atom. The molecule has 0 spiro atoms. The van der Waals surface area contributed by atoms with Crippen molar-refractivity contribution in [3.63, 3.8) is 0 Å². The van der Waals surface area contributed by atoms with Crippen LogP contribution < -0.4 is 15.8 Å². The fraction of sp³-hybridized carbons (Fsp3) is 0.438. The highest BCUT2D eigenvalue weighted by Gasteiger charge is 2.15. The molecule has 2 rings (SSSR count). The Bertz CT molecular complexity index is 665. The molecule has 0 atom stereocenters. The minimum Gasteiger partial charge on any atom is -0.495 e. The highest BCUT2D eigenvalue weighted by atomic mass is 35.5. The number of hydrogen-bond acceptors (Lipinski definition) is 7. The summed E-state index contributed by atoms with van der Waals surface area (Å²) in [5.74, 6) is 1.41. The summed E-state index contributed by atoms with van der Waals surface area (Å²) in [6, 6.07) is 7.29. The first kappa shape index (κ1) is 20.9. The van der Waals surface area contributed by atoms with Crippen LogP contribution in [0, 0.1) is 0 Å². The topological polar surface area (TPSA) is 107 Å². The fourth-order valence-corrected chi connectivity index (χ4v) is 2.31. The van der Waals surface area contributed by atoms with Crippen molar-refractivity contribution < 1.29 is 14.1 Å². The van der Waals surface area contributed by atoms with Gasteiger partial charge < -0.3 is 20.3 Å². The first-order valence-electron chi connectivity index (χ1n) is 7.83. The molecule has 1 amide bonds. The zero-order chi connectivity index (χ0) is 17.4. The van der Waals surface area contributed by atoms with Gasteiger partial charge in [-0.25, -0.2) is 0 Å². The van der Waals surface area contributed by atoms with Crippen LogP contribution in [-0.4, -0.2) is 41.1 Å². The van der Waals surface area contributed by atoms with E-state index in [9.17, 15) is 4.79 Å². The van der Waals surface area contributed by atoms with Gasteiger partial charge in [-0.3, -0.25) is 9.69 Å². The summed E-state index contributed by atoms with van der Waals surface area (Å²) < 4.78 is 10.2. The molecule has 0 saturated carbocycles. The maximum Gasteiger partial charge on any atom is 0.240 e. The molecule has 0 aliphatic carbocycles. The summed E-state index contributed by atoms with van der Waals surface area (Å²) in [6.45, 7) is 3.64. The number of nitrogens with two attached hydrogens (primary N) is 1. The van der Waals surface area contributed by atoms with Crippen molar-refractivity contribution in [1.82, 2.24) is 15.0 Å². The van der Waals surface area contributed by atoms with E-state index in [-0.39, 0.29) is 31.4 Å². The van der Waals surface area contributed by atoms with Gasteiger partial charge >= 0.3 is 0 Å². The van der Waals surface area contributed by atoms with Crippen LogP contribution >= 0.6 is 12.4 Å². The standard InChI is InChI=1S/C16H23N5O3.ClH/c1-3-8-21(10-14-19-16(9-17)24-20-14)11-15(22)18-12-6-4-5-7-13(12)23-2;/h4-7H,3,8-11,17H2,1-2H3,(H,18,22);1H. The van der Waals surface area contributed by atoms with Crippen LogP contribution in [0.4, 0.5) is 5.69 Å². The number of nitrogens with zero attached hydrogens (tertiary/aromatic N) is 3. The van der Waals surface area contributed by atoms with Crippen molar-refractivity contribution in [3.8, 4) is 5.75 Å². The first-order chi connectivity index (χ1) is 11.7. The van der Waals surface area contributed by atoms with Gasteiger partial charge in [0.2, 0.25) is 11.8 Å². The predicted octanol–water partition coefficient (Wildman–Crippen LogP) is 1.81. The summed E-state index contributed by atoms with van der Waals surface area (Å²) in [5.41, 5.74) is 6.11. The van der Waals surface area contributed by atoms with Gasteiger partial charge in [0.05, 0.1) is 32.4 Å². The quantitative estimate of drug-likeness (QED) is 0.694. The Morgan fingerprint density at radius 1 is 1.40 bits per heavy atom. The molecule has 0 aliphatic heterocycles. The molecule has 3 N–H and O–H groups in total. The van der Waals surface area contributed by atoms with Gasteiger partial charge in [-0.15, -0.1) is 12.4 Å². The number of methoxy groups -OCH3 is 1.